The van der Waals surface area contributed by atoms with Crippen molar-refractivity contribution in [3.63, 3.8) is 0 Å². The molecule has 21 heavy (non-hydrogen) atoms. The number of aromatic nitrogens is 3. The summed E-state index contributed by atoms with van der Waals surface area (Å²) in [6.45, 7) is 3.98. The molecule has 1 aliphatic heterocycles. The van der Waals surface area contributed by atoms with Crippen molar-refractivity contribution in [2.24, 2.45) is 0 Å². The molecule has 0 fully saturated rings. The second-order valence-corrected chi connectivity index (χ2v) is 4.89. The van der Waals surface area contributed by atoms with E-state index < -0.39 is 5.97 Å². The fraction of sp³-hybridized carbons (Fsp3) is 0.357. The van der Waals surface area contributed by atoms with Crippen molar-refractivity contribution >= 4 is 5.97 Å². The van der Waals surface area contributed by atoms with Gasteiger partial charge in [0.25, 0.3) is 0 Å². The number of fused-ring (bicyclic) bond motifs is 1. The van der Waals surface area contributed by atoms with Gasteiger partial charge in [0.1, 0.15) is 24.5 Å². The van der Waals surface area contributed by atoms with E-state index in [4.69, 9.17) is 9.84 Å². The van der Waals surface area contributed by atoms with Gasteiger partial charge in [0.05, 0.1) is 12.1 Å². The van der Waals surface area contributed by atoms with Crippen molar-refractivity contribution in [3.05, 3.63) is 42.0 Å². The number of ether oxygens (including phenoxy) is 1. The van der Waals surface area contributed by atoms with Crippen LogP contribution in [0.4, 0.5) is 0 Å². The number of nitrogens with zero attached hydrogens (tertiary/aromatic N) is 4. The summed E-state index contributed by atoms with van der Waals surface area (Å²) < 4.78 is 7.69. The van der Waals surface area contributed by atoms with E-state index in [1.54, 1.807) is 30.6 Å². The second kappa shape index (κ2) is 5.92. The Kier molecular flexibility index (Phi) is 3.83. The van der Waals surface area contributed by atoms with Crippen molar-refractivity contribution in [2.45, 2.75) is 13.1 Å². The molecule has 2 aromatic rings. The summed E-state index contributed by atoms with van der Waals surface area (Å²) in [5.41, 5.74) is 0.262. The number of carbonyl (C=O) groups is 1. The molecule has 0 aliphatic carbocycles. The molecule has 2 heterocycles. The van der Waals surface area contributed by atoms with Crippen molar-refractivity contribution in [1.29, 1.82) is 0 Å². The number of rotatable bonds is 5. The Balaban J connectivity index is 1.47. The van der Waals surface area contributed by atoms with E-state index in [9.17, 15) is 4.79 Å². The maximum Gasteiger partial charge on any atom is 0.335 e. The highest BCUT2D eigenvalue weighted by Gasteiger charge is 2.16. The SMILES string of the molecule is O=C(O)c1ccc(OCCN2CCn3cnnc3C2)cc1. The molecule has 7 heteroatoms. The van der Waals surface area contributed by atoms with Gasteiger partial charge in [-0.1, -0.05) is 0 Å². The fourth-order valence-corrected chi connectivity index (χ4v) is 2.29. The fourth-order valence-electron chi connectivity index (χ4n) is 2.29. The van der Waals surface area contributed by atoms with Gasteiger partial charge in [-0.15, -0.1) is 10.2 Å². The number of hydrogen-bond donors (Lipinski definition) is 1. The van der Waals surface area contributed by atoms with Crippen LogP contribution in [0.5, 0.6) is 5.75 Å². The molecule has 7 nitrogen and oxygen atoms in total. The second-order valence-electron chi connectivity index (χ2n) is 4.89. The maximum atomic E-state index is 10.8. The van der Waals surface area contributed by atoms with E-state index >= 15 is 0 Å². The van der Waals surface area contributed by atoms with E-state index in [0.717, 1.165) is 32.0 Å². The van der Waals surface area contributed by atoms with Crippen molar-refractivity contribution in [1.82, 2.24) is 19.7 Å². The van der Waals surface area contributed by atoms with Gasteiger partial charge in [-0.3, -0.25) is 4.90 Å². The van der Waals surface area contributed by atoms with E-state index in [2.05, 4.69) is 19.7 Å². The van der Waals surface area contributed by atoms with Crippen LogP contribution in [0.2, 0.25) is 0 Å². The average molecular weight is 288 g/mol. The number of benzene rings is 1. The smallest absolute Gasteiger partial charge is 0.335 e. The molecule has 0 bridgehead atoms. The summed E-state index contributed by atoms with van der Waals surface area (Å²) in [5.74, 6) is 0.728. The van der Waals surface area contributed by atoms with Crippen LogP contribution >= 0.6 is 0 Å². The van der Waals surface area contributed by atoms with Gasteiger partial charge in [-0.25, -0.2) is 4.79 Å². The minimum absolute atomic E-state index is 0.262. The third kappa shape index (κ3) is 3.19. The van der Waals surface area contributed by atoms with Crippen LogP contribution in [0.3, 0.4) is 0 Å². The standard InChI is InChI=1S/C14H16N4O3/c19-14(20)11-1-3-12(4-2-11)21-8-7-17-5-6-18-10-15-16-13(18)9-17/h1-4,10H,5-9H2,(H,19,20). The monoisotopic (exact) mass is 288 g/mol. The van der Waals surface area contributed by atoms with Crippen LogP contribution in [0.15, 0.2) is 30.6 Å². The number of carboxylic acid groups (broad SMARTS) is 1. The summed E-state index contributed by atoms with van der Waals surface area (Å²) in [4.78, 5) is 13.0. The predicted octanol–water partition coefficient (Wildman–Crippen LogP) is 0.871. The van der Waals surface area contributed by atoms with Gasteiger partial charge in [-0.05, 0) is 24.3 Å². The number of aromatic carboxylic acids is 1. The molecule has 0 atom stereocenters. The Bertz CT molecular complexity index is 623. The normalized spacial score (nSPS) is 14.7. The van der Waals surface area contributed by atoms with Crippen molar-refractivity contribution in [2.75, 3.05) is 19.7 Å². The van der Waals surface area contributed by atoms with E-state index in [0.29, 0.717) is 12.4 Å². The highest BCUT2D eigenvalue weighted by molar-refractivity contribution is 5.87. The van der Waals surface area contributed by atoms with Crippen LogP contribution in [-0.2, 0) is 13.1 Å². The predicted molar refractivity (Wildman–Crippen MR) is 74.2 cm³/mol. The Morgan fingerprint density at radius 1 is 1.29 bits per heavy atom. The summed E-state index contributed by atoms with van der Waals surface area (Å²) in [5, 5.41) is 16.8. The zero-order valence-electron chi connectivity index (χ0n) is 11.5. The first-order valence-electron chi connectivity index (χ1n) is 6.77. The highest BCUT2D eigenvalue weighted by atomic mass is 16.5. The summed E-state index contributed by atoms with van der Waals surface area (Å²) in [7, 11) is 0. The van der Waals surface area contributed by atoms with E-state index in [1.807, 2.05) is 0 Å². The Hall–Kier alpha value is -2.41. The first-order chi connectivity index (χ1) is 10.2. The first-order valence-corrected chi connectivity index (χ1v) is 6.77. The Morgan fingerprint density at radius 3 is 2.86 bits per heavy atom. The summed E-state index contributed by atoms with van der Waals surface area (Å²) in [6, 6.07) is 6.44. The van der Waals surface area contributed by atoms with Gasteiger partial charge in [0.15, 0.2) is 0 Å². The molecule has 1 aromatic heterocycles. The molecular weight excluding hydrogens is 272 g/mol. The molecule has 1 N–H and O–H groups in total. The third-order valence-electron chi connectivity index (χ3n) is 3.50. The maximum absolute atomic E-state index is 10.8. The number of hydrogen-bond acceptors (Lipinski definition) is 5. The largest absolute Gasteiger partial charge is 0.492 e. The number of carboxylic acids is 1. The molecule has 1 aromatic carbocycles. The molecule has 0 saturated carbocycles. The third-order valence-corrected chi connectivity index (χ3v) is 3.50. The van der Waals surface area contributed by atoms with Crippen LogP contribution in [-0.4, -0.2) is 50.4 Å². The van der Waals surface area contributed by atoms with E-state index in [-0.39, 0.29) is 5.56 Å². The van der Waals surface area contributed by atoms with Crippen LogP contribution in [0, 0.1) is 0 Å². The minimum atomic E-state index is -0.932. The van der Waals surface area contributed by atoms with Gasteiger partial charge < -0.3 is 14.4 Å². The lowest BCUT2D eigenvalue weighted by atomic mass is 10.2. The average Bonchev–Trinajstić information content (AvgIpc) is 2.95. The molecule has 110 valence electrons. The van der Waals surface area contributed by atoms with Crippen LogP contribution < -0.4 is 4.74 Å². The van der Waals surface area contributed by atoms with E-state index in [1.165, 1.54) is 0 Å². The summed E-state index contributed by atoms with van der Waals surface area (Å²) in [6.07, 6.45) is 1.76. The van der Waals surface area contributed by atoms with Crippen molar-refractivity contribution < 1.29 is 14.6 Å². The van der Waals surface area contributed by atoms with Gasteiger partial charge >= 0.3 is 5.97 Å². The van der Waals surface area contributed by atoms with Gasteiger partial charge in [0.2, 0.25) is 0 Å². The van der Waals surface area contributed by atoms with Crippen LogP contribution in [0.25, 0.3) is 0 Å². The molecule has 0 saturated heterocycles. The Labute approximate surface area is 121 Å². The van der Waals surface area contributed by atoms with Crippen LogP contribution in [0.1, 0.15) is 16.2 Å². The molecule has 0 amide bonds. The van der Waals surface area contributed by atoms with Gasteiger partial charge in [-0.2, -0.15) is 0 Å². The zero-order valence-corrected chi connectivity index (χ0v) is 11.5. The topological polar surface area (TPSA) is 80.5 Å². The minimum Gasteiger partial charge on any atom is -0.492 e. The lowest BCUT2D eigenvalue weighted by Crippen LogP contribution is -2.36. The molecular formula is C14H16N4O3. The lowest BCUT2D eigenvalue weighted by Gasteiger charge is -2.26. The van der Waals surface area contributed by atoms with Gasteiger partial charge in [0, 0.05) is 19.6 Å². The molecule has 3 rings (SSSR count). The summed E-state index contributed by atoms with van der Waals surface area (Å²) >= 11 is 0. The zero-order chi connectivity index (χ0) is 14.7. The highest BCUT2D eigenvalue weighted by Crippen LogP contribution is 2.13. The molecule has 1 aliphatic rings. The first kappa shape index (κ1) is 13.6. The Morgan fingerprint density at radius 2 is 2.10 bits per heavy atom. The quantitative estimate of drug-likeness (QED) is 0.879. The van der Waals surface area contributed by atoms with Crippen molar-refractivity contribution in [3.8, 4) is 5.75 Å². The molecule has 0 spiro atoms. The lowest BCUT2D eigenvalue weighted by molar-refractivity contribution is 0.0697. The molecule has 0 radical (unpaired) electrons. The molecule has 0 unspecified atom stereocenters.